The standard InChI is InChI=1S/4C24H31FN6O4S/c4*1-3-8-36-24-27-22(26-16-10-14(16)13-5-4-12(2)15(25)9-13)19-23(28-24)31(30-29-19)17-11-18(35-7-6-32)21(34)20(17)33/h4*4-5,9,14,16-18,20-21,32-34H,3,6-8,10-11H2,1-2H3,(H,26,27,28)/t4*14-,16+,17+,18-,20-,21+/m0000/s1/i3D2,4D,5D,6D2,7D2,8D2,9D,14D;3D2,4D,5D,7D2,8D2,9D,14D;3D2,4D,5D,6D2,8D2,9D,14D;3D2,4D,5D,8D2,9D,14D. The molecule has 8 aliphatic carbocycles. The van der Waals surface area contributed by atoms with Crippen LogP contribution in [0.4, 0.5) is 40.8 Å². The van der Waals surface area contributed by atoms with Gasteiger partial charge in [-0.15, -0.1) is 20.4 Å². The fourth-order valence-electron chi connectivity index (χ4n) is 16.5. The molecule has 40 nitrogen and oxygen atoms in total. The molecule has 12 aromatic rings. The fourth-order valence-corrected chi connectivity index (χ4v) is 18.3. The van der Waals surface area contributed by atoms with E-state index in [4.69, 9.17) is 78.9 Å². The van der Waals surface area contributed by atoms with E-state index in [1.54, 1.807) is 0 Å². The molecule has 16 N–H and O–H groups in total. The highest BCUT2D eigenvalue weighted by molar-refractivity contribution is 7.99. The lowest BCUT2D eigenvalue weighted by molar-refractivity contribution is -0.0629. The Morgan fingerprint density at radius 2 is 0.604 bits per heavy atom. The molecule has 776 valence electrons. The summed E-state index contributed by atoms with van der Waals surface area (Å²) in [5, 5.41) is 166. The minimum atomic E-state index is -3.47. The molecule has 0 aliphatic heterocycles. The Balaban J connectivity index is 0.000000161. The van der Waals surface area contributed by atoms with Gasteiger partial charge >= 0.3 is 0 Å². The predicted octanol–water partition coefficient (Wildman–Crippen LogP) is 8.73. The second kappa shape index (κ2) is 47.3. The van der Waals surface area contributed by atoms with Crippen LogP contribution in [-0.4, -0.2) is 334 Å². The van der Waals surface area contributed by atoms with Crippen LogP contribution in [0, 0.1) is 51.0 Å². The number of anilines is 4. The summed E-state index contributed by atoms with van der Waals surface area (Å²) in [5.41, 5.74) is -12.7. The summed E-state index contributed by atoms with van der Waals surface area (Å²) in [4.78, 5) is 34.5. The molecule has 0 unspecified atom stereocenters. The SMILES string of the molecule is [2H]c1c([2H])c([C@]2([2H])C[C@H]2Nc2nc(SC([2H])([2H])C([2H])([2H])C)nc3c2nnn3[C@@H]2C[C@H](OC([2H])([2H])C([2H])([2H])O)[C@@H](O)[C@H]2O)c([2H])c(F)c1C.[2H]c1c([2H])c([C@]2([2H])C[C@H]2Nc2nc(SC([2H])([2H])C([2H])([2H])C)nc3c2nnn3[C@@H]2C[C@H](OC([2H])([2H])CO)[C@@H](O)[C@H]2O)c([2H])c(F)c1C.[2H]c1c([2H])c([C@]2([2H])C[C@H]2Nc2nc(SC([2H])([2H])C([2H])([2H])C)nc3c2nnn3[C@@H]2C[C@H](OCC([2H])([2H])O)[C@@H](O)[C@H]2O)c([2H])c(F)c1C.[2H]c1c([2H])c([C@]2([2H])C[C@H]2Nc2nc(SC([2H])([2H])C([2H])([2H])C)nc3c2nnn3[C@@H]2C[C@H](OCCO)[C@@H](O)[C@H]2O)c([2H])c(F)c1C. The molecule has 8 aliphatic rings. The number of ether oxygens (including phenoxy) is 4. The second-order valence-corrected chi connectivity index (χ2v) is 36.7. The van der Waals surface area contributed by atoms with Gasteiger partial charge in [0.05, 0.1) is 129 Å². The van der Waals surface area contributed by atoms with E-state index in [0.29, 0.717) is 47.0 Å². The Morgan fingerprint density at radius 3 is 0.847 bits per heavy atom. The zero-order chi connectivity index (χ0) is 137. The van der Waals surface area contributed by atoms with Crippen LogP contribution in [0.25, 0.3) is 44.7 Å². The van der Waals surface area contributed by atoms with E-state index in [1.165, 1.54) is 32.4 Å². The first kappa shape index (κ1) is 66.0. The van der Waals surface area contributed by atoms with E-state index in [2.05, 4.69) is 102 Å². The van der Waals surface area contributed by atoms with Gasteiger partial charge in [0.1, 0.15) is 72.1 Å². The first-order chi connectivity index (χ1) is 84.4. The summed E-state index contributed by atoms with van der Waals surface area (Å²) in [6.07, 6.45) is -27.5. The van der Waals surface area contributed by atoms with Crippen LogP contribution in [0.1, 0.15) is 252 Å². The van der Waals surface area contributed by atoms with Crippen LogP contribution in [-0.2, 0) is 18.9 Å². The third-order valence-corrected chi connectivity index (χ3v) is 26.9. The number of rotatable bonds is 40. The molecule has 0 radical (unpaired) electrons. The fraction of sp³-hybridized carbons (Fsp3) is 0.583. The number of benzene rings is 4. The van der Waals surface area contributed by atoms with Crippen LogP contribution in [0.5, 0.6) is 0 Å². The third-order valence-electron chi connectivity index (χ3n) is 24.2. The maximum atomic E-state index is 14.7. The van der Waals surface area contributed by atoms with Crippen LogP contribution < -0.4 is 21.3 Å². The van der Waals surface area contributed by atoms with Gasteiger partial charge < -0.3 is 101 Å². The predicted molar refractivity (Wildman–Crippen MR) is 530 cm³/mol. The lowest BCUT2D eigenvalue weighted by Crippen LogP contribution is -2.33. The van der Waals surface area contributed by atoms with E-state index in [0.717, 1.165) is 41.7 Å². The van der Waals surface area contributed by atoms with E-state index in [9.17, 15) is 73.7 Å². The van der Waals surface area contributed by atoms with Crippen LogP contribution in [0.2, 0.25) is 0 Å². The molecule has 0 saturated heterocycles. The molecule has 8 saturated carbocycles. The summed E-state index contributed by atoms with van der Waals surface area (Å²) >= 11 is 1.36. The van der Waals surface area contributed by atoms with Gasteiger partial charge in [0.15, 0.2) is 88.6 Å². The second-order valence-electron chi connectivity index (χ2n) is 33.6. The maximum Gasteiger partial charge on any atom is 0.191 e. The third kappa shape index (κ3) is 23.8. The molecule has 144 heavy (non-hydrogen) atoms. The number of nitrogens with zero attached hydrogens (tertiary/aromatic N) is 20. The zero-order valence-electron chi connectivity index (χ0n) is 117. The van der Waals surface area contributed by atoms with Crippen LogP contribution in [0.3, 0.4) is 0 Å². The van der Waals surface area contributed by atoms with E-state index in [1.807, 2.05) is 0 Å². The molecular weight excluding hydrogens is 1950 g/mol. The summed E-state index contributed by atoms with van der Waals surface area (Å²) < 4.78 is 408. The molecule has 24 atom stereocenters. The number of halogens is 4. The van der Waals surface area contributed by atoms with Crippen molar-refractivity contribution >= 4 is 115 Å². The van der Waals surface area contributed by atoms with Gasteiger partial charge in [-0.1, -0.05) is 144 Å². The molecule has 0 amide bonds. The topological polar surface area (TPSA) is 554 Å². The highest BCUT2D eigenvalue weighted by Gasteiger charge is 2.51. The van der Waals surface area contributed by atoms with Crippen molar-refractivity contribution in [1.82, 2.24) is 99.8 Å². The van der Waals surface area contributed by atoms with Crippen molar-refractivity contribution in [3.8, 4) is 0 Å². The summed E-state index contributed by atoms with van der Waals surface area (Å²) in [6, 6.07) is -14.2. The van der Waals surface area contributed by atoms with Gasteiger partial charge in [-0.3, -0.25) is 0 Å². The van der Waals surface area contributed by atoms with E-state index in [-0.39, 0.29) is 191 Å². The quantitative estimate of drug-likeness (QED) is 0.00969. The number of aliphatic hydroxyl groups is 12. The number of aliphatic hydroxyl groups excluding tert-OH is 10. The summed E-state index contributed by atoms with van der Waals surface area (Å²) in [5.74, 6) is -11.4. The Morgan fingerprint density at radius 1 is 0.347 bits per heavy atom. The maximum absolute atomic E-state index is 14.7. The van der Waals surface area contributed by atoms with E-state index < -0.39 is 335 Å². The number of nitrogens with one attached hydrogen (secondary N) is 4. The Kier molecular flexibility index (Phi) is 21.7. The number of hydrogen-bond donors (Lipinski definition) is 16. The Labute approximate surface area is 899 Å². The van der Waals surface area contributed by atoms with Gasteiger partial charge in [0.2, 0.25) is 0 Å². The molecule has 48 heteroatoms. The minimum Gasteiger partial charge on any atom is -0.394 e. The number of fused-ring (bicyclic) bond motifs is 4. The molecule has 0 spiro atoms. The smallest absolute Gasteiger partial charge is 0.191 e. The first-order valence-corrected chi connectivity index (χ1v) is 47.8. The molecule has 8 heterocycles. The summed E-state index contributed by atoms with van der Waals surface area (Å²) in [6.45, 7) is -4.96. The highest BCUT2D eigenvalue weighted by atomic mass is 32.2. The van der Waals surface area contributed by atoms with Crippen molar-refractivity contribution in [1.29, 1.82) is 0 Å². The van der Waals surface area contributed by atoms with Crippen molar-refractivity contribution in [3.05, 3.63) is 140 Å². The normalized spacial score (nSPS) is 34.9. The highest BCUT2D eigenvalue weighted by Crippen LogP contribution is 2.50. The number of thioether (sulfide) groups is 4. The average molecular weight is 2110 g/mol. The first-order valence-electron chi connectivity index (χ1n) is 64.5. The van der Waals surface area contributed by atoms with Crippen LogP contribution in [0.15, 0.2) is 93.1 Å². The summed E-state index contributed by atoms with van der Waals surface area (Å²) in [7, 11) is 0. The molecule has 20 rings (SSSR count). The lowest BCUT2D eigenvalue weighted by atomic mass is 10.1. The van der Waals surface area contributed by atoms with Crippen molar-refractivity contribution in [2.75, 3.05) is 96.8 Å². The Bertz CT molecular complexity index is 8530. The van der Waals surface area contributed by atoms with Crippen molar-refractivity contribution in [3.63, 3.8) is 0 Å². The lowest BCUT2D eigenvalue weighted by Gasteiger charge is -2.17. The molecule has 4 aromatic carbocycles. The van der Waals surface area contributed by atoms with Crippen molar-refractivity contribution in [2.24, 2.45) is 0 Å². The molecule has 0 bridgehead atoms. The van der Waals surface area contributed by atoms with Crippen molar-refractivity contribution in [2.45, 2.75) is 298 Å². The van der Waals surface area contributed by atoms with Gasteiger partial charge in [0.25, 0.3) is 0 Å². The van der Waals surface area contributed by atoms with Gasteiger partial charge in [-0.2, -0.15) is 0 Å². The molecule has 8 fully saturated rings. The molecule has 8 aromatic heterocycles. The largest absolute Gasteiger partial charge is 0.394 e. The zero-order valence-corrected chi connectivity index (χ0v) is 80.4. The van der Waals surface area contributed by atoms with Gasteiger partial charge in [-0.05, 0) is 148 Å². The van der Waals surface area contributed by atoms with Gasteiger partial charge in [0, 0.05) is 124 Å². The van der Waals surface area contributed by atoms with Crippen LogP contribution >= 0.6 is 47.0 Å². The Hall–Kier alpha value is -9.52. The minimum absolute atomic E-state index is 0.00452. The van der Waals surface area contributed by atoms with Gasteiger partial charge in [-0.25, -0.2) is 76.2 Å². The molecular formula is C96H124F4N24O16S4. The number of aromatic nitrogens is 20. The monoisotopic (exact) mass is 2110 g/mol. The van der Waals surface area contributed by atoms with Crippen molar-refractivity contribution < 1.29 is 153 Å². The number of hydrogen-bond acceptors (Lipinski definition) is 40. The average Bonchev–Trinajstić information content (AvgIpc) is 1.56. The van der Waals surface area contributed by atoms with E-state index >= 15 is 0 Å².